The molecule has 0 aliphatic rings. The summed E-state index contributed by atoms with van der Waals surface area (Å²) >= 11 is 0. The van der Waals surface area contributed by atoms with Crippen molar-refractivity contribution in [3.05, 3.63) is 117 Å². The molecule has 0 bridgehead atoms. The van der Waals surface area contributed by atoms with Gasteiger partial charge in [0.05, 0.1) is 59.5 Å². The highest BCUT2D eigenvalue weighted by Gasteiger charge is 2.23. The second-order valence-electron chi connectivity index (χ2n) is 36.8. The average molecular weight is 1760 g/mol. The predicted molar refractivity (Wildman–Crippen MR) is 545 cm³/mol. The fourth-order valence-corrected chi connectivity index (χ4v) is 14.5. The fourth-order valence-electron chi connectivity index (χ4n) is 14.5. The molecule has 1 aromatic heterocycles. The molecule has 16 heteroatoms. The number of amides is 2. The molecule has 2 amide bonds. The molecule has 0 fully saturated rings. The summed E-state index contributed by atoms with van der Waals surface area (Å²) in [6.07, 6.45) is 62.3. The number of hydrogen-bond acceptors (Lipinski definition) is 14. The number of carbonyl (C=O) groups excluding carboxylic acids is 1. The molecule has 712 valence electrons. The van der Waals surface area contributed by atoms with Crippen LogP contribution in [0.3, 0.4) is 0 Å². The van der Waals surface area contributed by atoms with Crippen LogP contribution in [0.1, 0.15) is 399 Å². The first-order chi connectivity index (χ1) is 62.3. The van der Waals surface area contributed by atoms with Crippen molar-refractivity contribution in [2.24, 2.45) is 41.2 Å². The van der Waals surface area contributed by atoms with E-state index in [1.54, 1.807) is 0 Å². The van der Waals surface area contributed by atoms with E-state index in [1.807, 2.05) is 31.2 Å². The van der Waals surface area contributed by atoms with Crippen LogP contribution >= 0.6 is 0 Å². The van der Waals surface area contributed by atoms with Crippen LogP contribution in [0.5, 0.6) is 51.7 Å². The van der Waals surface area contributed by atoms with Crippen LogP contribution in [0, 0.1) is 35.5 Å². The lowest BCUT2D eigenvalue weighted by molar-refractivity contribution is 0.234. The molecule has 0 spiro atoms. The van der Waals surface area contributed by atoms with Gasteiger partial charge in [0.2, 0.25) is 17.6 Å². The molecule has 6 aromatic rings. The quantitative estimate of drug-likeness (QED) is 0.0270. The monoisotopic (exact) mass is 1760 g/mol. The summed E-state index contributed by atoms with van der Waals surface area (Å²) in [5.74, 6) is 8.97. The number of urea groups is 1. The number of anilines is 2. The molecule has 0 radical (unpaired) electrons. The Morgan fingerprint density at radius 1 is 0.305 bits per heavy atom. The Hall–Kier alpha value is -8.66. The number of nitrogens with zero attached hydrogens (tertiary/aromatic N) is 4. The summed E-state index contributed by atoms with van der Waals surface area (Å²) < 4.78 is 62.5. The largest absolute Gasteiger partial charge is 0.493 e. The van der Waals surface area contributed by atoms with E-state index in [2.05, 4.69) is 216 Å². The molecule has 0 saturated carbocycles. The van der Waals surface area contributed by atoms with Crippen LogP contribution < -0.4 is 59.0 Å². The molecule has 6 rings (SSSR count). The van der Waals surface area contributed by atoms with E-state index in [-0.39, 0.29) is 11.9 Å². The topological polar surface area (TPSA) is 194 Å². The van der Waals surface area contributed by atoms with Gasteiger partial charge in [-0.1, -0.05) is 402 Å². The Morgan fingerprint density at radius 2 is 0.570 bits per heavy atom. The number of benzene rings is 5. The van der Waals surface area contributed by atoms with E-state index in [1.165, 1.54) is 159 Å². The van der Waals surface area contributed by atoms with E-state index >= 15 is 0 Å². The summed E-state index contributed by atoms with van der Waals surface area (Å²) in [4.78, 5) is 27.2. The Bertz CT molecular complexity index is 4090. The third-order valence-corrected chi connectivity index (χ3v) is 24.9. The predicted octanol–water partition coefficient (Wildman–Crippen LogP) is 31.9. The average Bonchev–Trinajstić information content (AvgIpc) is 0.806. The highest BCUT2D eigenvalue weighted by atomic mass is 16.5. The van der Waals surface area contributed by atoms with Crippen LogP contribution in [-0.4, -0.2) is 87.0 Å². The van der Waals surface area contributed by atoms with Gasteiger partial charge >= 0.3 is 6.03 Å². The number of carbonyl (C=O) groups is 1. The van der Waals surface area contributed by atoms with Gasteiger partial charge in [-0.25, -0.2) is 4.79 Å². The lowest BCUT2D eigenvalue weighted by atomic mass is 10.0. The zero-order chi connectivity index (χ0) is 92.3. The summed E-state index contributed by atoms with van der Waals surface area (Å²) in [7, 11) is 0. The molecule has 128 heavy (non-hydrogen) atoms. The number of primary amides is 1. The molecule has 0 aliphatic heterocycles. The highest BCUT2D eigenvalue weighted by Crippen LogP contribution is 2.43. The van der Waals surface area contributed by atoms with E-state index in [0.717, 1.165) is 186 Å². The van der Waals surface area contributed by atoms with Gasteiger partial charge in [0.25, 0.3) is 0 Å². The molecule has 16 nitrogen and oxygen atoms in total. The van der Waals surface area contributed by atoms with Crippen molar-refractivity contribution in [2.45, 2.75) is 355 Å². The molecule has 0 unspecified atom stereocenters. The van der Waals surface area contributed by atoms with Gasteiger partial charge in [0.15, 0.2) is 17.3 Å². The van der Waals surface area contributed by atoms with Crippen LogP contribution in [-0.2, 0) is 0 Å². The second kappa shape index (κ2) is 65.0. The fraction of sp³-hybridized carbons (Fsp3) is 0.625. The van der Waals surface area contributed by atoms with Crippen molar-refractivity contribution >= 4 is 66.5 Å². The number of rotatable bonds is 73. The number of aromatic nitrogens is 3. The Balaban J connectivity index is 1.46. The number of ether oxygens (including phenoxy) is 9. The molecule has 4 N–H and O–H groups in total. The smallest absolute Gasteiger partial charge is 0.321 e. The van der Waals surface area contributed by atoms with E-state index in [9.17, 15) is 4.79 Å². The van der Waals surface area contributed by atoms with Crippen molar-refractivity contribution in [3.8, 4) is 63.1 Å². The zero-order valence-electron chi connectivity index (χ0n) is 83.0. The Morgan fingerprint density at radius 3 is 0.852 bits per heavy atom. The number of nitrogen functional groups attached to an aromatic ring is 1. The minimum absolute atomic E-state index is 0.00120. The maximum Gasteiger partial charge on any atom is 0.321 e. The van der Waals surface area contributed by atoms with Gasteiger partial charge in [-0.3, -0.25) is 4.90 Å². The second-order valence-corrected chi connectivity index (χ2v) is 36.8. The highest BCUT2D eigenvalue weighted by molar-refractivity contribution is 5.89. The molecule has 1 heterocycles. The van der Waals surface area contributed by atoms with E-state index in [4.69, 9.17) is 54.1 Å². The third kappa shape index (κ3) is 42.1. The van der Waals surface area contributed by atoms with Crippen molar-refractivity contribution in [1.82, 2.24) is 15.0 Å². The van der Waals surface area contributed by atoms with Gasteiger partial charge in [-0.2, -0.15) is 15.0 Å². The van der Waals surface area contributed by atoms with Crippen LogP contribution in [0.4, 0.5) is 16.7 Å². The normalized spacial score (nSPS) is 13.2. The van der Waals surface area contributed by atoms with E-state index in [0.29, 0.717) is 113 Å². The van der Waals surface area contributed by atoms with Gasteiger partial charge < -0.3 is 54.1 Å². The van der Waals surface area contributed by atoms with Crippen LogP contribution in [0.25, 0.3) is 60.0 Å². The number of nitrogens with two attached hydrogens (primary N) is 2. The van der Waals surface area contributed by atoms with Gasteiger partial charge in [-0.15, -0.1) is 0 Å². The molecule has 0 saturated heterocycles. The number of hydrogen-bond donors (Lipinski definition) is 2. The molecular weight excluding hydrogens is 1590 g/mol. The number of unbranched alkanes of at least 4 members (excludes halogenated alkanes) is 28. The van der Waals surface area contributed by atoms with Crippen molar-refractivity contribution in [2.75, 3.05) is 76.6 Å². The Labute approximate surface area is 777 Å². The van der Waals surface area contributed by atoms with Crippen LogP contribution in [0.15, 0.2) is 72.8 Å². The lowest BCUT2D eigenvalue weighted by Gasteiger charge is -2.20. The molecule has 5 aromatic carbocycles. The molecule has 0 aliphatic carbocycles. The third-order valence-electron chi connectivity index (χ3n) is 24.9. The van der Waals surface area contributed by atoms with Gasteiger partial charge in [0, 0.05) is 45.5 Å². The van der Waals surface area contributed by atoms with E-state index < -0.39 is 6.03 Å². The van der Waals surface area contributed by atoms with Crippen molar-refractivity contribution in [1.29, 1.82) is 0 Å². The van der Waals surface area contributed by atoms with Crippen molar-refractivity contribution < 1.29 is 47.4 Å². The Kier molecular flexibility index (Phi) is 54.9. The SMILES string of the molecule is CCCCCCCCCCCCOc1cc(/C=C/c2cc(OC[C@@H](C)CC)c(/C=C/c3cc(OC[C@@H](C)CC)c(/C=C/c4cc(OC[C@@H](C)CC)c(/C=C/c5ccc(-c6nc(N)nc(N(CCCC)C(N)=O)n6)cc5)cc4OC[C@@H](C)CC)cc3OC[C@@H](C)CC)cc2OC[C@@H](C)CC)cc(OCCCCCCCCCCCC)c1OCCCCCCCCCCCC. The molecular formula is C112H174N6O10. The van der Waals surface area contributed by atoms with Crippen LogP contribution in [0.2, 0.25) is 0 Å². The van der Waals surface area contributed by atoms with Crippen molar-refractivity contribution in [3.63, 3.8) is 0 Å². The van der Waals surface area contributed by atoms with Gasteiger partial charge in [-0.05, 0) is 121 Å². The lowest BCUT2D eigenvalue weighted by Crippen LogP contribution is -2.38. The maximum absolute atomic E-state index is 12.5. The minimum Gasteiger partial charge on any atom is -0.493 e. The molecule has 6 atom stereocenters. The summed E-state index contributed by atoms with van der Waals surface area (Å²) in [6.45, 7) is 41.0. The maximum atomic E-state index is 12.5. The first-order valence-corrected chi connectivity index (χ1v) is 51.1. The summed E-state index contributed by atoms with van der Waals surface area (Å²) in [5.41, 5.74) is 19.9. The summed E-state index contributed by atoms with van der Waals surface area (Å²) in [6, 6.07) is 24.4. The first kappa shape index (κ1) is 108. The standard InChI is InChI=1S/C112H174N6O10/c1-17-27-31-34-37-40-43-46-49-52-68-120-106-71-92(72-107(121-69-53-50-47-44-41-38-35-32-28-18-2)108(106)122-70-54-51-48-45-42-39-36-33-29-19-3)58-62-95-74-103(126-82-88(14)24-8)97(76-101(95)124-80-86(12)22-6)64-66-99-78-104(127-83-89(15)25-9)98(77-105(99)128-84-90(16)26-10)65-63-96-75-100(123-79-85(11)21-5)94(73-102(96)125-81-87(13)23-7)61-57-91-55-59-93(60-56-91)109-115-110(113)117-112(116-109)118(111(114)119)67-30-20-4/h55-66,71-78,85-90H,17-54,67-70,79-84H2,1-16H3,(H2,114,119)(H2,113,115,116,117)/b61-57+,62-58+,65-63+,66-64+/t85-,86-,87-,88-,89-,90-/m0/s1. The zero-order valence-corrected chi connectivity index (χ0v) is 83.0. The minimum atomic E-state index is -0.649. The van der Waals surface area contributed by atoms with Gasteiger partial charge in [0.1, 0.15) is 34.5 Å². The first-order valence-electron chi connectivity index (χ1n) is 51.1. The summed E-state index contributed by atoms with van der Waals surface area (Å²) in [5, 5.41) is 0.